The van der Waals surface area contributed by atoms with Crippen LogP contribution >= 0.6 is 23.2 Å². The van der Waals surface area contributed by atoms with Crippen LogP contribution in [0, 0.1) is 0 Å². The molecule has 0 aliphatic rings. The maximum absolute atomic E-state index is 11.8. The smallest absolute Gasteiger partial charge is 0.260 e. The summed E-state index contributed by atoms with van der Waals surface area (Å²) in [5.74, 6) is 0.0644. The minimum Gasteiger partial charge on any atom is -0.482 e. The van der Waals surface area contributed by atoms with Gasteiger partial charge in [-0.1, -0.05) is 23.2 Å². The van der Waals surface area contributed by atoms with Gasteiger partial charge in [-0.2, -0.15) is 0 Å². The fourth-order valence-electron chi connectivity index (χ4n) is 1.50. The van der Waals surface area contributed by atoms with Gasteiger partial charge >= 0.3 is 0 Å². The van der Waals surface area contributed by atoms with E-state index >= 15 is 0 Å². The quantitative estimate of drug-likeness (QED) is 0.832. The van der Waals surface area contributed by atoms with Gasteiger partial charge in [0, 0.05) is 31.8 Å². The highest BCUT2D eigenvalue weighted by molar-refractivity contribution is 6.34. The molecule has 7 heteroatoms. The molecule has 0 aliphatic carbocycles. The monoisotopic (exact) mass is 321 g/mol. The highest BCUT2D eigenvalue weighted by Crippen LogP contribution is 2.27. The molecule has 0 heterocycles. The van der Waals surface area contributed by atoms with Gasteiger partial charge in [-0.25, -0.2) is 0 Å². The van der Waals surface area contributed by atoms with Gasteiger partial charge in [0.1, 0.15) is 5.75 Å². The lowest BCUT2D eigenvalue weighted by Gasteiger charge is -2.20. The molecule has 1 atom stereocenters. The Morgan fingerprint density at radius 3 is 2.80 bits per heavy atom. The Morgan fingerprint density at radius 1 is 1.45 bits per heavy atom. The number of halogens is 2. The number of amides is 1. The van der Waals surface area contributed by atoms with Gasteiger partial charge in [-0.05, 0) is 12.1 Å². The molecule has 1 N–H and O–H groups in total. The van der Waals surface area contributed by atoms with Crippen LogP contribution in [-0.2, 0) is 9.53 Å². The molecular weight excluding hydrogens is 305 g/mol. The van der Waals surface area contributed by atoms with E-state index in [4.69, 9.17) is 32.7 Å². The summed E-state index contributed by atoms with van der Waals surface area (Å²) in [6, 6.07) is 4.76. The molecule has 0 saturated carbocycles. The second-order valence-corrected chi connectivity index (χ2v) is 5.09. The maximum Gasteiger partial charge on any atom is 0.260 e. The number of ether oxygens (including phenoxy) is 2. The van der Waals surface area contributed by atoms with Crippen molar-refractivity contribution >= 4 is 29.1 Å². The van der Waals surface area contributed by atoms with Crippen molar-refractivity contribution in [3.05, 3.63) is 28.2 Å². The van der Waals surface area contributed by atoms with Gasteiger partial charge in [-0.15, -0.1) is 0 Å². The minimum absolute atomic E-state index is 0.165. The van der Waals surface area contributed by atoms with E-state index in [0.29, 0.717) is 15.8 Å². The highest BCUT2D eigenvalue weighted by atomic mass is 35.5. The molecule has 0 saturated heterocycles. The summed E-state index contributed by atoms with van der Waals surface area (Å²) in [4.78, 5) is 13.2. The third-order valence-corrected chi connectivity index (χ3v) is 3.06. The number of aliphatic hydroxyl groups is 1. The van der Waals surface area contributed by atoms with Crippen LogP contribution in [0.15, 0.2) is 18.2 Å². The van der Waals surface area contributed by atoms with E-state index in [2.05, 4.69) is 0 Å². The SMILES string of the molecule is COCC(O)CN(C)C(=O)COc1cc(Cl)ccc1Cl. The number of methoxy groups -OCH3 is 1. The van der Waals surface area contributed by atoms with E-state index in [1.165, 1.54) is 18.1 Å². The number of hydrogen-bond donors (Lipinski definition) is 1. The number of likely N-dealkylation sites (N-methyl/N-ethyl adjacent to an activating group) is 1. The lowest BCUT2D eigenvalue weighted by molar-refractivity contribution is -0.133. The summed E-state index contributed by atoms with van der Waals surface area (Å²) in [6.07, 6.45) is -0.733. The molecule has 0 fully saturated rings. The Bertz CT molecular complexity index is 456. The average Bonchev–Trinajstić information content (AvgIpc) is 2.39. The van der Waals surface area contributed by atoms with E-state index in [-0.39, 0.29) is 25.7 Å². The van der Waals surface area contributed by atoms with Crippen LogP contribution in [0.5, 0.6) is 5.75 Å². The third kappa shape index (κ3) is 5.54. The Morgan fingerprint density at radius 2 is 2.15 bits per heavy atom. The van der Waals surface area contributed by atoms with Crippen molar-refractivity contribution < 1.29 is 19.4 Å². The molecule has 0 radical (unpaired) electrons. The molecule has 112 valence electrons. The van der Waals surface area contributed by atoms with Crippen LogP contribution in [0.4, 0.5) is 0 Å². The molecule has 1 amide bonds. The van der Waals surface area contributed by atoms with E-state index < -0.39 is 6.10 Å². The fraction of sp³-hybridized carbons (Fsp3) is 0.462. The van der Waals surface area contributed by atoms with Crippen molar-refractivity contribution in [3.8, 4) is 5.75 Å². The van der Waals surface area contributed by atoms with E-state index in [9.17, 15) is 9.90 Å². The third-order valence-electron chi connectivity index (χ3n) is 2.51. The predicted octanol–water partition coefficient (Wildman–Crippen LogP) is 1.84. The number of hydrogen-bond acceptors (Lipinski definition) is 4. The zero-order chi connectivity index (χ0) is 15.1. The minimum atomic E-state index is -0.733. The van der Waals surface area contributed by atoms with Crippen LogP contribution < -0.4 is 4.74 Å². The van der Waals surface area contributed by atoms with Crippen molar-refractivity contribution in [1.29, 1.82) is 0 Å². The number of rotatable bonds is 7. The topological polar surface area (TPSA) is 59.0 Å². The summed E-state index contributed by atoms with van der Waals surface area (Å²) in [7, 11) is 3.06. The van der Waals surface area contributed by atoms with Crippen LogP contribution in [0.25, 0.3) is 0 Å². The van der Waals surface area contributed by atoms with Crippen molar-refractivity contribution in [2.24, 2.45) is 0 Å². The lowest BCUT2D eigenvalue weighted by atomic mass is 10.3. The summed E-state index contributed by atoms with van der Waals surface area (Å²) in [5.41, 5.74) is 0. The summed E-state index contributed by atoms with van der Waals surface area (Å²) in [6.45, 7) is 0.147. The number of aliphatic hydroxyl groups excluding tert-OH is 1. The van der Waals surface area contributed by atoms with Gasteiger partial charge in [0.15, 0.2) is 6.61 Å². The molecule has 0 aliphatic heterocycles. The number of benzene rings is 1. The summed E-state index contributed by atoms with van der Waals surface area (Å²) in [5, 5.41) is 10.4. The first-order valence-corrected chi connectivity index (χ1v) is 6.68. The largest absolute Gasteiger partial charge is 0.482 e. The van der Waals surface area contributed by atoms with Gasteiger partial charge in [0.05, 0.1) is 17.7 Å². The zero-order valence-electron chi connectivity index (χ0n) is 11.3. The van der Waals surface area contributed by atoms with Gasteiger partial charge in [-0.3, -0.25) is 4.79 Å². The predicted molar refractivity (Wildman–Crippen MR) is 77.5 cm³/mol. The van der Waals surface area contributed by atoms with Gasteiger partial charge in [0.2, 0.25) is 0 Å². The van der Waals surface area contributed by atoms with Crippen molar-refractivity contribution in [2.75, 3.05) is 33.9 Å². The second-order valence-electron chi connectivity index (χ2n) is 4.25. The first kappa shape index (κ1) is 17.0. The fourth-order valence-corrected chi connectivity index (χ4v) is 1.83. The number of carbonyl (C=O) groups is 1. The highest BCUT2D eigenvalue weighted by Gasteiger charge is 2.15. The molecule has 20 heavy (non-hydrogen) atoms. The Balaban J connectivity index is 2.48. The normalized spacial score (nSPS) is 12.1. The second kappa shape index (κ2) is 8.32. The maximum atomic E-state index is 11.8. The molecule has 1 aromatic rings. The molecule has 5 nitrogen and oxygen atoms in total. The van der Waals surface area contributed by atoms with E-state index in [1.54, 1.807) is 19.2 Å². The Kier molecular flexibility index (Phi) is 7.09. The lowest BCUT2D eigenvalue weighted by Crippen LogP contribution is -2.38. The van der Waals surface area contributed by atoms with Crippen LogP contribution in [0.3, 0.4) is 0 Å². The molecule has 1 aromatic carbocycles. The molecule has 0 aromatic heterocycles. The van der Waals surface area contributed by atoms with Crippen LogP contribution in [0.2, 0.25) is 10.0 Å². The molecule has 0 bridgehead atoms. The van der Waals surface area contributed by atoms with E-state index in [1.807, 2.05) is 0 Å². The molecule has 1 unspecified atom stereocenters. The average molecular weight is 322 g/mol. The van der Waals surface area contributed by atoms with E-state index in [0.717, 1.165) is 0 Å². The van der Waals surface area contributed by atoms with Gasteiger partial charge < -0.3 is 19.5 Å². The van der Waals surface area contributed by atoms with Crippen molar-refractivity contribution in [1.82, 2.24) is 4.90 Å². The van der Waals surface area contributed by atoms with Crippen LogP contribution in [0.1, 0.15) is 0 Å². The first-order chi connectivity index (χ1) is 9.43. The zero-order valence-corrected chi connectivity index (χ0v) is 12.8. The van der Waals surface area contributed by atoms with Crippen molar-refractivity contribution in [3.63, 3.8) is 0 Å². The molecule has 1 rings (SSSR count). The Hall–Kier alpha value is -1.01. The van der Waals surface area contributed by atoms with Crippen molar-refractivity contribution in [2.45, 2.75) is 6.10 Å². The standard InChI is InChI=1S/C13H17Cl2NO4/c1-16(6-10(17)7-19-2)13(18)8-20-12-5-9(14)3-4-11(12)15/h3-5,10,17H,6-8H2,1-2H3. The number of carbonyl (C=O) groups excluding carboxylic acids is 1. The molecule has 0 spiro atoms. The summed E-state index contributed by atoms with van der Waals surface area (Å²) >= 11 is 11.7. The Labute approximate surface area is 128 Å². The van der Waals surface area contributed by atoms with Crippen LogP contribution in [-0.4, -0.2) is 55.9 Å². The number of nitrogens with zero attached hydrogens (tertiary/aromatic N) is 1. The molecular formula is C13H17Cl2NO4. The van der Waals surface area contributed by atoms with Gasteiger partial charge in [0.25, 0.3) is 5.91 Å². The summed E-state index contributed by atoms with van der Waals surface area (Å²) < 4.78 is 10.1. The first-order valence-electron chi connectivity index (χ1n) is 5.93.